The van der Waals surface area contributed by atoms with Gasteiger partial charge in [0.2, 0.25) is 0 Å². The van der Waals surface area contributed by atoms with Crippen molar-refractivity contribution in [2.45, 2.75) is 38.1 Å². The molecule has 0 atom stereocenters. The summed E-state index contributed by atoms with van der Waals surface area (Å²) in [6.45, 7) is -0.295. The second kappa shape index (κ2) is 9.51. The average Bonchev–Trinajstić information content (AvgIpc) is 2.65. The van der Waals surface area contributed by atoms with Crippen molar-refractivity contribution >= 4 is 17.7 Å². The Morgan fingerprint density at radius 3 is 2.24 bits per heavy atom. The monoisotopic (exact) mass is 349 g/mol. The third-order valence-corrected chi connectivity index (χ3v) is 3.89. The zero-order chi connectivity index (χ0) is 18.1. The summed E-state index contributed by atoms with van der Waals surface area (Å²) in [6, 6.07) is 6.74. The molecule has 0 spiro atoms. The maximum absolute atomic E-state index is 11.7. The number of nitrogens with one attached hydrogen (secondary N) is 3. The van der Waals surface area contributed by atoms with Crippen LogP contribution in [-0.4, -0.2) is 37.5 Å². The van der Waals surface area contributed by atoms with Crippen molar-refractivity contribution in [1.82, 2.24) is 16.2 Å². The lowest BCUT2D eigenvalue weighted by Gasteiger charge is -2.22. The third kappa shape index (κ3) is 6.33. The molecular weight excluding hydrogens is 326 g/mol. The maximum atomic E-state index is 11.7. The molecule has 3 amide bonds. The number of carbonyl (C=O) groups excluding carboxylic acids is 3. The van der Waals surface area contributed by atoms with Gasteiger partial charge in [-0.05, 0) is 37.1 Å². The van der Waals surface area contributed by atoms with E-state index in [0.717, 1.165) is 32.1 Å². The van der Waals surface area contributed by atoms with Gasteiger partial charge in [0.05, 0.1) is 7.11 Å². The van der Waals surface area contributed by atoms with Crippen LogP contribution in [0.2, 0.25) is 0 Å². The number of rotatable bonds is 5. The highest BCUT2D eigenvalue weighted by molar-refractivity contribution is 6.35. The first kappa shape index (κ1) is 18.6. The Balaban J connectivity index is 1.65. The minimum absolute atomic E-state index is 0.0288. The summed E-state index contributed by atoms with van der Waals surface area (Å²) >= 11 is 0. The van der Waals surface area contributed by atoms with E-state index in [1.54, 1.807) is 31.4 Å². The number of hydrogen-bond acceptors (Lipinski definition) is 5. The Morgan fingerprint density at radius 1 is 0.960 bits per heavy atom. The summed E-state index contributed by atoms with van der Waals surface area (Å²) in [7, 11) is 1.55. The molecule has 0 bridgehead atoms. The van der Waals surface area contributed by atoms with E-state index >= 15 is 0 Å². The number of carbonyl (C=O) groups is 3. The van der Waals surface area contributed by atoms with E-state index in [2.05, 4.69) is 16.2 Å². The Bertz CT molecular complexity index is 597. The Hall–Kier alpha value is -2.77. The van der Waals surface area contributed by atoms with Crippen molar-refractivity contribution < 1.29 is 23.9 Å². The fourth-order valence-corrected chi connectivity index (χ4v) is 2.54. The number of hydrogen-bond donors (Lipinski definition) is 3. The van der Waals surface area contributed by atoms with Gasteiger partial charge in [0, 0.05) is 6.04 Å². The van der Waals surface area contributed by atoms with Crippen molar-refractivity contribution in [3.63, 3.8) is 0 Å². The van der Waals surface area contributed by atoms with Crippen LogP contribution in [0.3, 0.4) is 0 Å². The van der Waals surface area contributed by atoms with Gasteiger partial charge >= 0.3 is 11.8 Å². The largest absolute Gasteiger partial charge is 0.497 e. The summed E-state index contributed by atoms with van der Waals surface area (Å²) < 4.78 is 10.3. The molecule has 1 aromatic rings. The second-order valence-electron chi connectivity index (χ2n) is 5.77. The van der Waals surface area contributed by atoms with Crippen molar-refractivity contribution in [1.29, 1.82) is 0 Å². The molecule has 0 aromatic heterocycles. The normalized spacial score (nSPS) is 14.3. The zero-order valence-electron chi connectivity index (χ0n) is 14.2. The summed E-state index contributed by atoms with van der Waals surface area (Å²) in [5, 5.41) is 2.67. The summed E-state index contributed by atoms with van der Waals surface area (Å²) in [5.41, 5.74) is 4.22. The number of ether oxygens (including phenoxy) is 2. The van der Waals surface area contributed by atoms with Gasteiger partial charge in [-0.25, -0.2) is 0 Å². The highest BCUT2D eigenvalue weighted by Crippen LogP contribution is 2.17. The SMILES string of the molecule is COc1ccc(OCC(=O)NNC(=O)C(=O)NC2CCCCC2)cc1. The highest BCUT2D eigenvalue weighted by atomic mass is 16.5. The number of amides is 3. The predicted octanol–water partition coefficient (Wildman–Crippen LogP) is 0.670. The minimum atomic E-state index is -0.900. The van der Waals surface area contributed by atoms with Gasteiger partial charge in [-0.2, -0.15) is 0 Å². The van der Waals surface area contributed by atoms with Crippen LogP contribution in [-0.2, 0) is 14.4 Å². The molecular formula is C17H23N3O5. The van der Waals surface area contributed by atoms with Gasteiger partial charge in [-0.15, -0.1) is 0 Å². The van der Waals surface area contributed by atoms with E-state index in [1.165, 1.54) is 0 Å². The Morgan fingerprint density at radius 2 is 1.60 bits per heavy atom. The zero-order valence-corrected chi connectivity index (χ0v) is 14.2. The molecule has 0 radical (unpaired) electrons. The van der Waals surface area contributed by atoms with Gasteiger partial charge in [0.15, 0.2) is 6.61 Å². The van der Waals surface area contributed by atoms with E-state index in [-0.39, 0.29) is 12.6 Å². The molecule has 1 aliphatic carbocycles. The first-order chi connectivity index (χ1) is 12.1. The molecule has 1 fully saturated rings. The molecule has 8 nitrogen and oxygen atoms in total. The summed E-state index contributed by atoms with van der Waals surface area (Å²) in [4.78, 5) is 35.1. The van der Waals surface area contributed by atoms with Crippen LogP contribution >= 0.6 is 0 Å². The molecule has 0 unspecified atom stereocenters. The Labute approximate surface area is 146 Å². The fraction of sp³-hybridized carbons (Fsp3) is 0.471. The molecule has 0 heterocycles. The van der Waals surface area contributed by atoms with Gasteiger partial charge < -0.3 is 14.8 Å². The van der Waals surface area contributed by atoms with E-state index in [9.17, 15) is 14.4 Å². The molecule has 2 rings (SSSR count). The van der Waals surface area contributed by atoms with Crippen molar-refractivity contribution in [2.24, 2.45) is 0 Å². The molecule has 3 N–H and O–H groups in total. The average molecular weight is 349 g/mol. The van der Waals surface area contributed by atoms with Crippen molar-refractivity contribution in [3.05, 3.63) is 24.3 Å². The van der Waals surface area contributed by atoms with Crippen LogP contribution < -0.4 is 25.6 Å². The standard InChI is InChI=1S/C17H23N3O5/c1-24-13-7-9-14(10-8-13)25-11-15(21)19-20-17(23)16(22)18-12-5-3-2-4-6-12/h7-10,12H,2-6,11H2,1H3,(H,18,22)(H,19,21)(H,20,23). The van der Waals surface area contributed by atoms with E-state index in [0.29, 0.717) is 11.5 Å². The molecule has 136 valence electrons. The smallest absolute Gasteiger partial charge is 0.327 e. The topological polar surface area (TPSA) is 106 Å². The number of hydrazine groups is 1. The van der Waals surface area contributed by atoms with E-state index < -0.39 is 17.7 Å². The van der Waals surface area contributed by atoms with Crippen LogP contribution in [0.4, 0.5) is 0 Å². The fourth-order valence-electron chi connectivity index (χ4n) is 2.54. The predicted molar refractivity (Wildman–Crippen MR) is 89.8 cm³/mol. The second-order valence-corrected chi connectivity index (χ2v) is 5.77. The lowest BCUT2D eigenvalue weighted by Crippen LogP contribution is -2.51. The van der Waals surface area contributed by atoms with Gasteiger partial charge in [-0.1, -0.05) is 19.3 Å². The molecule has 1 saturated carbocycles. The number of benzene rings is 1. The van der Waals surface area contributed by atoms with Gasteiger partial charge in [0.25, 0.3) is 5.91 Å². The number of methoxy groups -OCH3 is 1. The van der Waals surface area contributed by atoms with Crippen LogP contribution in [0.25, 0.3) is 0 Å². The maximum Gasteiger partial charge on any atom is 0.327 e. The first-order valence-electron chi connectivity index (χ1n) is 8.25. The highest BCUT2D eigenvalue weighted by Gasteiger charge is 2.20. The van der Waals surface area contributed by atoms with Crippen LogP contribution in [0.1, 0.15) is 32.1 Å². The lowest BCUT2D eigenvalue weighted by atomic mass is 9.95. The molecule has 1 aliphatic rings. The van der Waals surface area contributed by atoms with Crippen molar-refractivity contribution in [2.75, 3.05) is 13.7 Å². The molecule has 0 aliphatic heterocycles. The molecule has 0 saturated heterocycles. The van der Waals surface area contributed by atoms with E-state index in [4.69, 9.17) is 9.47 Å². The summed E-state index contributed by atoms with van der Waals surface area (Å²) in [6.07, 6.45) is 5.00. The first-order valence-corrected chi connectivity index (χ1v) is 8.25. The molecule has 25 heavy (non-hydrogen) atoms. The third-order valence-electron chi connectivity index (χ3n) is 3.89. The Kier molecular flexibility index (Phi) is 7.06. The summed E-state index contributed by atoms with van der Waals surface area (Å²) in [5.74, 6) is -1.06. The van der Waals surface area contributed by atoms with Gasteiger partial charge in [0.1, 0.15) is 11.5 Å². The quantitative estimate of drug-likeness (QED) is 0.535. The van der Waals surface area contributed by atoms with Crippen LogP contribution in [0.15, 0.2) is 24.3 Å². The van der Waals surface area contributed by atoms with Crippen molar-refractivity contribution in [3.8, 4) is 11.5 Å². The lowest BCUT2D eigenvalue weighted by molar-refractivity contribution is -0.141. The van der Waals surface area contributed by atoms with Crippen LogP contribution in [0, 0.1) is 0 Å². The molecule has 1 aromatic carbocycles. The van der Waals surface area contributed by atoms with Gasteiger partial charge in [-0.3, -0.25) is 25.2 Å². The molecule has 8 heteroatoms. The van der Waals surface area contributed by atoms with Crippen LogP contribution in [0.5, 0.6) is 11.5 Å². The minimum Gasteiger partial charge on any atom is -0.497 e. The van der Waals surface area contributed by atoms with E-state index in [1.807, 2.05) is 0 Å².